The van der Waals surface area contributed by atoms with Gasteiger partial charge in [0.2, 0.25) is 0 Å². The minimum Gasteiger partial charge on any atom is -0.383 e. The fraction of sp³-hybridized carbons (Fsp3) is 0.455. The smallest absolute Gasteiger partial charge is 0.143 e. The van der Waals surface area contributed by atoms with Crippen molar-refractivity contribution < 1.29 is 0 Å². The second-order valence-corrected chi connectivity index (χ2v) is 4.00. The average Bonchev–Trinajstić information content (AvgIpc) is 2.69. The van der Waals surface area contributed by atoms with Crippen molar-refractivity contribution in [1.82, 2.24) is 4.98 Å². The molecule has 0 radical (unpaired) electrons. The number of allylic oxidation sites excluding steroid dienone is 1. The molecule has 1 aromatic rings. The molecule has 82 valence electrons. The Morgan fingerprint density at radius 2 is 2.20 bits per heavy atom. The van der Waals surface area contributed by atoms with Gasteiger partial charge in [0.15, 0.2) is 0 Å². The molecule has 0 fully saturated rings. The lowest BCUT2D eigenvalue weighted by Gasteiger charge is -2.08. The van der Waals surface area contributed by atoms with Gasteiger partial charge in [-0.2, -0.15) is 0 Å². The number of rotatable bonds is 1. The molecule has 1 aromatic heterocycles. The maximum Gasteiger partial charge on any atom is 0.143 e. The van der Waals surface area contributed by atoms with E-state index in [9.17, 15) is 0 Å². The highest BCUT2D eigenvalue weighted by molar-refractivity contribution is 7.12. The van der Waals surface area contributed by atoms with Crippen molar-refractivity contribution in [2.45, 2.75) is 20.8 Å². The van der Waals surface area contributed by atoms with Gasteiger partial charge in [-0.15, -0.1) is 11.3 Å². The molecule has 4 heteroatoms. The predicted molar refractivity (Wildman–Crippen MR) is 67.6 cm³/mol. The second-order valence-electron chi connectivity index (χ2n) is 3.14. The number of thiazole rings is 1. The standard InChI is InChI=1S/C9H11N3S.C2H6/c1-6-2-3-7(11-4-6)9-12-8(10)5-13-9;1-2/h2-3,5-6H,4,10H2,1H3;1-2H3. The largest absolute Gasteiger partial charge is 0.383 e. The fourth-order valence-corrected chi connectivity index (χ4v) is 1.85. The topological polar surface area (TPSA) is 51.3 Å². The Morgan fingerprint density at radius 1 is 1.47 bits per heavy atom. The third kappa shape index (κ3) is 3.16. The summed E-state index contributed by atoms with van der Waals surface area (Å²) in [5.74, 6) is 1.12. The fourth-order valence-electron chi connectivity index (χ4n) is 1.15. The van der Waals surface area contributed by atoms with Gasteiger partial charge in [0.05, 0.1) is 5.71 Å². The van der Waals surface area contributed by atoms with Gasteiger partial charge < -0.3 is 5.73 Å². The van der Waals surface area contributed by atoms with E-state index in [0.29, 0.717) is 11.7 Å². The first kappa shape index (κ1) is 11.9. The van der Waals surface area contributed by atoms with Crippen LogP contribution in [0.3, 0.4) is 0 Å². The molecule has 2 N–H and O–H groups in total. The molecular weight excluding hydrogens is 206 g/mol. The van der Waals surface area contributed by atoms with E-state index in [4.69, 9.17) is 5.73 Å². The number of anilines is 1. The highest BCUT2D eigenvalue weighted by Gasteiger charge is 2.09. The van der Waals surface area contributed by atoms with Crippen LogP contribution in [0.4, 0.5) is 5.82 Å². The molecule has 3 nitrogen and oxygen atoms in total. The molecule has 15 heavy (non-hydrogen) atoms. The Kier molecular flexibility index (Phi) is 4.49. The first-order valence-electron chi connectivity index (χ1n) is 5.20. The minimum atomic E-state index is 0.543. The van der Waals surface area contributed by atoms with E-state index in [1.807, 2.05) is 25.3 Å². The number of hydrogen-bond acceptors (Lipinski definition) is 4. The van der Waals surface area contributed by atoms with E-state index in [1.54, 1.807) is 0 Å². The monoisotopic (exact) mass is 223 g/mol. The first-order valence-corrected chi connectivity index (χ1v) is 6.07. The SMILES string of the molecule is CC.CC1C=CC(c2nc(N)cs2)=NC1. The normalized spacial score (nSPS) is 19.1. The summed E-state index contributed by atoms with van der Waals surface area (Å²) in [5, 5.41) is 2.75. The molecular formula is C11H17N3S. The molecule has 0 amide bonds. The van der Waals surface area contributed by atoms with Crippen LogP contribution < -0.4 is 5.73 Å². The highest BCUT2D eigenvalue weighted by atomic mass is 32.1. The van der Waals surface area contributed by atoms with Gasteiger partial charge in [-0.05, 0) is 12.0 Å². The summed E-state index contributed by atoms with van der Waals surface area (Å²) in [6.45, 7) is 7.00. The Labute approximate surface area is 94.8 Å². The Bertz CT molecular complexity index is 366. The Morgan fingerprint density at radius 3 is 2.67 bits per heavy atom. The van der Waals surface area contributed by atoms with Crippen molar-refractivity contribution in [3.8, 4) is 0 Å². The zero-order valence-corrected chi connectivity index (χ0v) is 10.2. The number of aliphatic imine (C=N–C) groups is 1. The van der Waals surface area contributed by atoms with Crippen molar-refractivity contribution in [2.24, 2.45) is 10.9 Å². The maximum absolute atomic E-state index is 5.53. The van der Waals surface area contributed by atoms with Gasteiger partial charge in [-0.1, -0.05) is 26.8 Å². The number of aromatic nitrogens is 1. The van der Waals surface area contributed by atoms with Crippen LogP contribution in [-0.2, 0) is 0 Å². The molecule has 1 aliphatic heterocycles. The number of hydrogen-bond donors (Lipinski definition) is 1. The molecule has 0 saturated carbocycles. The van der Waals surface area contributed by atoms with Crippen LogP contribution in [0.25, 0.3) is 0 Å². The van der Waals surface area contributed by atoms with Crippen LogP contribution >= 0.6 is 11.3 Å². The van der Waals surface area contributed by atoms with Gasteiger partial charge in [0.1, 0.15) is 10.8 Å². The van der Waals surface area contributed by atoms with Crippen LogP contribution in [0, 0.1) is 5.92 Å². The van der Waals surface area contributed by atoms with Crippen LogP contribution in [0.15, 0.2) is 22.5 Å². The zero-order chi connectivity index (χ0) is 11.3. The predicted octanol–water partition coefficient (Wildman–Crippen LogP) is 2.75. The number of nitrogen functional groups attached to an aromatic ring is 1. The lowest BCUT2D eigenvalue weighted by atomic mass is 10.1. The summed E-state index contributed by atoms with van der Waals surface area (Å²) >= 11 is 1.54. The lowest BCUT2D eigenvalue weighted by molar-refractivity contribution is 0.734. The van der Waals surface area contributed by atoms with E-state index in [0.717, 1.165) is 17.3 Å². The summed E-state index contributed by atoms with van der Waals surface area (Å²) in [4.78, 5) is 8.59. The summed E-state index contributed by atoms with van der Waals surface area (Å²) < 4.78 is 0. The lowest BCUT2D eigenvalue weighted by Crippen LogP contribution is -2.08. The number of nitrogens with zero attached hydrogens (tertiary/aromatic N) is 2. The number of dihydropyridines is 1. The molecule has 1 atom stereocenters. The second kappa shape index (κ2) is 5.66. The van der Waals surface area contributed by atoms with Gasteiger partial charge >= 0.3 is 0 Å². The van der Waals surface area contributed by atoms with Crippen LogP contribution in [0.1, 0.15) is 25.8 Å². The highest BCUT2D eigenvalue weighted by Crippen LogP contribution is 2.16. The van der Waals surface area contributed by atoms with Crippen molar-refractivity contribution >= 4 is 22.9 Å². The third-order valence-electron chi connectivity index (χ3n) is 1.87. The Balaban J connectivity index is 0.000000531. The quantitative estimate of drug-likeness (QED) is 0.796. The van der Waals surface area contributed by atoms with Gasteiger partial charge in [0, 0.05) is 11.9 Å². The summed E-state index contributed by atoms with van der Waals surface area (Å²) in [6.07, 6.45) is 4.17. The van der Waals surface area contributed by atoms with Crippen LogP contribution in [-0.4, -0.2) is 17.2 Å². The summed E-state index contributed by atoms with van der Waals surface area (Å²) in [6, 6.07) is 0. The molecule has 1 aliphatic rings. The van der Waals surface area contributed by atoms with Gasteiger partial charge in [-0.3, -0.25) is 4.99 Å². The van der Waals surface area contributed by atoms with Crippen molar-refractivity contribution in [3.05, 3.63) is 22.5 Å². The Hall–Kier alpha value is -1.16. The molecule has 0 aliphatic carbocycles. The molecule has 0 aromatic carbocycles. The minimum absolute atomic E-state index is 0.543. The van der Waals surface area contributed by atoms with Crippen LogP contribution in [0.5, 0.6) is 0 Å². The molecule has 1 unspecified atom stereocenters. The van der Waals surface area contributed by atoms with E-state index < -0.39 is 0 Å². The molecule has 2 heterocycles. The first-order chi connectivity index (χ1) is 7.25. The van der Waals surface area contributed by atoms with E-state index in [-0.39, 0.29) is 0 Å². The summed E-state index contributed by atoms with van der Waals surface area (Å²) in [7, 11) is 0. The van der Waals surface area contributed by atoms with E-state index >= 15 is 0 Å². The average molecular weight is 223 g/mol. The zero-order valence-electron chi connectivity index (χ0n) is 9.40. The van der Waals surface area contributed by atoms with Gasteiger partial charge in [-0.25, -0.2) is 4.98 Å². The van der Waals surface area contributed by atoms with E-state index in [1.165, 1.54) is 11.3 Å². The molecule has 2 rings (SSSR count). The van der Waals surface area contributed by atoms with Crippen molar-refractivity contribution in [1.29, 1.82) is 0 Å². The van der Waals surface area contributed by atoms with E-state index in [2.05, 4.69) is 23.0 Å². The summed E-state index contributed by atoms with van der Waals surface area (Å²) in [5.41, 5.74) is 6.49. The third-order valence-corrected chi connectivity index (χ3v) is 2.76. The van der Waals surface area contributed by atoms with Crippen molar-refractivity contribution in [2.75, 3.05) is 12.3 Å². The van der Waals surface area contributed by atoms with Gasteiger partial charge in [0.25, 0.3) is 0 Å². The maximum atomic E-state index is 5.53. The molecule has 0 saturated heterocycles. The van der Waals surface area contributed by atoms with Crippen LogP contribution in [0.2, 0.25) is 0 Å². The van der Waals surface area contributed by atoms with Crippen molar-refractivity contribution in [3.63, 3.8) is 0 Å². The molecule has 0 bridgehead atoms. The molecule has 0 spiro atoms. The number of nitrogens with two attached hydrogens (primary N) is 1.